The van der Waals surface area contributed by atoms with E-state index in [0.717, 1.165) is 12.8 Å². The summed E-state index contributed by atoms with van der Waals surface area (Å²) in [5, 5.41) is 5.78. The van der Waals surface area contributed by atoms with Gasteiger partial charge in [0.25, 0.3) is 5.91 Å². The van der Waals surface area contributed by atoms with Gasteiger partial charge >= 0.3 is 6.03 Å². The van der Waals surface area contributed by atoms with E-state index in [9.17, 15) is 14.4 Å². The molecule has 1 aromatic carbocycles. The Kier molecular flexibility index (Phi) is 5.75. The van der Waals surface area contributed by atoms with Crippen LogP contribution in [-0.2, 0) is 4.79 Å². The van der Waals surface area contributed by atoms with Crippen molar-refractivity contribution in [2.45, 2.75) is 38.6 Å². The zero-order valence-electron chi connectivity index (χ0n) is 15.2. The molecule has 7 nitrogen and oxygen atoms in total. The molecule has 2 aliphatic rings. The molecule has 2 N–H and O–H groups in total. The highest BCUT2D eigenvalue weighted by molar-refractivity contribution is 5.95. The molecule has 140 valence electrons. The van der Waals surface area contributed by atoms with Gasteiger partial charge in [-0.3, -0.25) is 9.59 Å². The van der Waals surface area contributed by atoms with Gasteiger partial charge in [-0.05, 0) is 37.1 Å². The average Bonchev–Trinajstić information content (AvgIpc) is 3.14. The molecule has 0 bridgehead atoms. The summed E-state index contributed by atoms with van der Waals surface area (Å²) in [5.41, 5.74) is 1.26. The third-order valence-electron chi connectivity index (χ3n) is 4.99. The molecule has 1 heterocycles. The van der Waals surface area contributed by atoms with E-state index in [1.165, 1.54) is 19.8 Å². The minimum Gasteiger partial charge on any atom is -0.335 e. The van der Waals surface area contributed by atoms with Crippen LogP contribution in [0.4, 0.5) is 10.5 Å². The second-order valence-electron chi connectivity index (χ2n) is 6.97. The lowest BCUT2D eigenvalue weighted by Crippen LogP contribution is -2.54. The fourth-order valence-corrected chi connectivity index (χ4v) is 3.53. The normalized spacial score (nSPS) is 17.9. The molecule has 1 saturated carbocycles. The van der Waals surface area contributed by atoms with E-state index in [4.69, 9.17) is 0 Å². The van der Waals surface area contributed by atoms with Gasteiger partial charge in [0.2, 0.25) is 5.91 Å². The molecule has 0 atom stereocenters. The van der Waals surface area contributed by atoms with Crippen LogP contribution in [0.25, 0.3) is 0 Å². The van der Waals surface area contributed by atoms with Crippen molar-refractivity contribution in [2.75, 3.05) is 31.5 Å². The molecule has 4 amide bonds. The smallest absolute Gasteiger partial charge is 0.317 e. The Morgan fingerprint density at radius 3 is 2.08 bits per heavy atom. The van der Waals surface area contributed by atoms with Gasteiger partial charge in [0, 0.05) is 50.4 Å². The minimum absolute atomic E-state index is 0.0105. The van der Waals surface area contributed by atoms with E-state index in [1.807, 2.05) is 0 Å². The van der Waals surface area contributed by atoms with Gasteiger partial charge in [-0.1, -0.05) is 12.8 Å². The number of hydrogen-bond donors (Lipinski definition) is 2. The molecule has 1 aliphatic heterocycles. The van der Waals surface area contributed by atoms with Crippen LogP contribution in [0.1, 0.15) is 43.0 Å². The summed E-state index contributed by atoms with van der Waals surface area (Å²) in [7, 11) is 0. The van der Waals surface area contributed by atoms with E-state index in [1.54, 1.807) is 34.1 Å². The molecule has 3 rings (SSSR count). The number of hydrogen-bond acceptors (Lipinski definition) is 3. The van der Waals surface area contributed by atoms with Crippen LogP contribution in [0.5, 0.6) is 0 Å². The zero-order valence-corrected chi connectivity index (χ0v) is 15.2. The monoisotopic (exact) mass is 358 g/mol. The van der Waals surface area contributed by atoms with Crippen molar-refractivity contribution in [3.05, 3.63) is 29.8 Å². The molecule has 0 unspecified atom stereocenters. The Labute approximate surface area is 153 Å². The minimum atomic E-state index is -0.143. The first-order chi connectivity index (χ1) is 12.5. The molecule has 1 aliphatic carbocycles. The summed E-state index contributed by atoms with van der Waals surface area (Å²) in [5.74, 6) is -0.189. The van der Waals surface area contributed by atoms with Crippen LogP contribution < -0.4 is 10.6 Å². The van der Waals surface area contributed by atoms with Crippen LogP contribution in [0.15, 0.2) is 24.3 Å². The summed E-state index contributed by atoms with van der Waals surface area (Å²) in [6, 6.07) is 7.17. The number of rotatable bonds is 3. The van der Waals surface area contributed by atoms with Crippen molar-refractivity contribution in [1.29, 1.82) is 0 Å². The first-order valence-corrected chi connectivity index (χ1v) is 9.25. The van der Waals surface area contributed by atoms with Gasteiger partial charge in [-0.2, -0.15) is 0 Å². The van der Waals surface area contributed by atoms with E-state index in [-0.39, 0.29) is 17.8 Å². The van der Waals surface area contributed by atoms with E-state index < -0.39 is 0 Å². The van der Waals surface area contributed by atoms with Crippen LogP contribution >= 0.6 is 0 Å². The van der Waals surface area contributed by atoms with E-state index in [2.05, 4.69) is 10.6 Å². The highest BCUT2D eigenvalue weighted by atomic mass is 16.2. The topological polar surface area (TPSA) is 81.8 Å². The lowest BCUT2D eigenvalue weighted by atomic mass is 10.1. The zero-order chi connectivity index (χ0) is 18.5. The van der Waals surface area contributed by atoms with Crippen LogP contribution in [0, 0.1) is 0 Å². The van der Waals surface area contributed by atoms with Crippen LogP contribution in [0.2, 0.25) is 0 Å². The summed E-state index contributed by atoms with van der Waals surface area (Å²) >= 11 is 0. The molecule has 2 fully saturated rings. The number of nitrogens with one attached hydrogen (secondary N) is 2. The summed E-state index contributed by atoms with van der Waals surface area (Å²) < 4.78 is 0. The standard InChI is InChI=1S/C19H26N4O3/c1-14(24)20-17-8-6-15(7-9-17)18(25)22-10-12-23(13-11-22)19(26)21-16-4-2-3-5-16/h6-9,16H,2-5,10-13H2,1H3,(H,20,24)(H,21,26). The number of anilines is 1. The first kappa shape index (κ1) is 18.2. The third-order valence-corrected chi connectivity index (χ3v) is 4.99. The van der Waals surface area contributed by atoms with Crippen molar-refractivity contribution in [1.82, 2.24) is 15.1 Å². The van der Waals surface area contributed by atoms with Crippen molar-refractivity contribution >= 4 is 23.5 Å². The summed E-state index contributed by atoms with van der Waals surface area (Å²) in [6.45, 7) is 3.61. The number of benzene rings is 1. The number of amides is 4. The van der Waals surface area contributed by atoms with Crippen LogP contribution in [-0.4, -0.2) is 59.9 Å². The molecule has 1 aromatic rings. The Balaban J connectivity index is 1.49. The number of piperazine rings is 1. The first-order valence-electron chi connectivity index (χ1n) is 9.25. The second-order valence-corrected chi connectivity index (χ2v) is 6.97. The van der Waals surface area contributed by atoms with Crippen molar-refractivity contribution in [3.8, 4) is 0 Å². The van der Waals surface area contributed by atoms with Gasteiger partial charge in [-0.25, -0.2) is 4.79 Å². The van der Waals surface area contributed by atoms with Gasteiger partial charge in [0.05, 0.1) is 0 Å². The second kappa shape index (κ2) is 8.21. The molecule has 7 heteroatoms. The molecular weight excluding hydrogens is 332 g/mol. The highest BCUT2D eigenvalue weighted by Gasteiger charge is 2.26. The number of carbonyl (C=O) groups is 3. The van der Waals surface area contributed by atoms with Crippen LogP contribution in [0.3, 0.4) is 0 Å². The predicted molar refractivity (Wildman–Crippen MR) is 99.0 cm³/mol. The Morgan fingerprint density at radius 2 is 1.50 bits per heavy atom. The molecule has 26 heavy (non-hydrogen) atoms. The van der Waals surface area contributed by atoms with Gasteiger partial charge in [0.1, 0.15) is 0 Å². The Morgan fingerprint density at radius 1 is 0.923 bits per heavy atom. The molecule has 0 radical (unpaired) electrons. The number of nitrogens with zero attached hydrogens (tertiary/aromatic N) is 2. The fourth-order valence-electron chi connectivity index (χ4n) is 3.53. The van der Waals surface area contributed by atoms with E-state index >= 15 is 0 Å². The largest absolute Gasteiger partial charge is 0.335 e. The number of urea groups is 1. The number of carbonyl (C=O) groups excluding carboxylic acids is 3. The van der Waals surface area contributed by atoms with Crippen molar-refractivity contribution < 1.29 is 14.4 Å². The maximum absolute atomic E-state index is 12.6. The molecule has 1 saturated heterocycles. The van der Waals surface area contributed by atoms with Gasteiger partial charge < -0.3 is 20.4 Å². The van der Waals surface area contributed by atoms with Crippen molar-refractivity contribution in [3.63, 3.8) is 0 Å². The quantitative estimate of drug-likeness (QED) is 0.868. The Bertz CT molecular complexity index is 660. The van der Waals surface area contributed by atoms with Crippen molar-refractivity contribution in [2.24, 2.45) is 0 Å². The lowest BCUT2D eigenvalue weighted by Gasteiger charge is -2.35. The fraction of sp³-hybridized carbons (Fsp3) is 0.526. The van der Waals surface area contributed by atoms with Gasteiger partial charge in [-0.15, -0.1) is 0 Å². The molecule has 0 aromatic heterocycles. The molecule has 0 spiro atoms. The molecular formula is C19H26N4O3. The van der Waals surface area contributed by atoms with E-state index in [0.29, 0.717) is 43.5 Å². The Hall–Kier alpha value is -2.57. The van der Waals surface area contributed by atoms with Gasteiger partial charge in [0.15, 0.2) is 0 Å². The third kappa shape index (κ3) is 4.53. The maximum Gasteiger partial charge on any atom is 0.317 e. The average molecular weight is 358 g/mol. The highest BCUT2D eigenvalue weighted by Crippen LogP contribution is 2.18. The lowest BCUT2D eigenvalue weighted by molar-refractivity contribution is -0.114. The summed E-state index contributed by atoms with van der Waals surface area (Å²) in [4.78, 5) is 39.5. The summed E-state index contributed by atoms with van der Waals surface area (Å²) in [6.07, 6.45) is 4.51. The predicted octanol–water partition coefficient (Wildman–Crippen LogP) is 2.05. The SMILES string of the molecule is CC(=O)Nc1ccc(C(=O)N2CCN(C(=O)NC3CCCC3)CC2)cc1. The maximum atomic E-state index is 12.6.